The van der Waals surface area contributed by atoms with Crippen molar-refractivity contribution >= 4 is 5.69 Å². The van der Waals surface area contributed by atoms with Crippen molar-refractivity contribution in [3.63, 3.8) is 0 Å². The van der Waals surface area contributed by atoms with Crippen molar-refractivity contribution in [2.45, 2.75) is 25.3 Å². The third kappa shape index (κ3) is 1.94. The summed E-state index contributed by atoms with van der Waals surface area (Å²) >= 11 is 0. The van der Waals surface area contributed by atoms with Crippen molar-refractivity contribution in [3.05, 3.63) is 30.3 Å². The van der Waals surface area contributed by atoms with Gasteiger partial charge in [0.1, 0.15) is 0 Å². The van der Waals surface area contributed by atoms with Crippen molar-refractivity contribution in [3.8, 4) is 0 Å². The van der Waals surface area contributed by atoms with E-state index in [0.717, 1.165) is 6.04 Å². The zero-order valence-corrected chi connectivity index (χ0v) is 9.81. The Balaban J connectivity index is 1.58. The van der Waals surface area contributed by atoms with Gasteiger partial charge in [0, 0.05) is 37.9 Å². The van der Waals surface area contributed by atoms with Gasteiger partial charge in [-0.3, -0.25) is 4.90 Å². The Kier molecular flexibility index (Phi) is 2.83. The normalized spacial score (nSPS) is 23.1. The highest BCUT2D eigenvalue weighted by Gasteiger charge is 2.27. The highest BCUT2D eigenvalue weighted by molar-refractivity contribution is 5.46. The van der Waals surface area contributed by atoms with Gasteiger partial charge in [0.2, 0.25) is 0 Å². The zero-order chi connectivity index (χ0) is 10.8. The number of nitrogens with zero attached hydrogens (tertiary/aromatic N) is 2. The van der Waals surface area contributed by atoms with Crippen LogP contribution in [0.2, 0.25) is 0 Å². The molecule has 3 rings (SSSR count). The smallest absolute Gasteiger partial charge is 0.0367 e. The molecule has 86 valence electrons. The van der Waals surface area contributed by atoms with Crippen LogP contribution < -0.4 is 4.90 Å². The van der Waals surface area contributed by atoms with E-state index in [1.165, 1.54) is 51.1 Å². The highest BCUT2D eigenvalue weighted by atomic mass is 15.3. The minimum atomic E-state index is 0.915. The topological polar surface area (TPSA) is 6.48 Å². The van der Waals surface area contributed by atoms with Crippen LogP contribution in [0, 0.1) is 0 Å². The lowest BCUT2D eigenvalue weighted by atomic mass is 9.91. The molecule has 1 heterocycles. The van der Waals surface area contributed by atoms with Crippen LogP contribution in [0.1, 0.15) is 19.3 Å². The second-order valence-electron chi connectivity index (χ2n) is 4.94. The van der Waals surface area contributed by atoms with E-state index in [1.807, 2.05) is 0 Å². The molecule has 16 heavy (non-hydrogen) atoms. The molecule has 1 aromatic rings. The summed E-state index contributed by atoms with van der Waals surface area (Å²) < 4.78 is 0. The van der Waals surface area contributed by atoms with Gasteiger partial charge in [-0.25, -0.2) is 0 Å². The summed E-state index contributed by atoms with van der Waals surface area (Å²) in [6.07, 6.45) is 4.32. The molecule has 0 spiro atoms. The number of hydrogen-bond acceptors (Lipinski definition) is 2. The minimum Gasteiger partial charge on any atom is -0.369 e. The fourth-order valence-corrected chi connectivity index (χ4v) is 2.74. The number of piperazine rings is 1. The molecule has 0 unspecified atom stereocenters. The average molecular weight is 216 g/mol. The summed E-state index contributed by atoms with van der Waals surface area (Å²) in [5.74, 6) is 0. The fourth-order valence-electron chi connectivity index (χ4n) is 2.74. The summed E-state index contributed by atoms with van der Waals surface area (Å²) in [6, 6.07) is 11.7. The predicted octanol–water partition coefficient (Wildman–Crippen LogP) is 2.36. The maximum absolute atomic E-state index is 2.68. The van der Waals surface area contributed by atoms with Gasteiger partial charge in [-0.1, -0.05) is 24.6 Å². The fraction of sp³-hybridized carbons (Fsp3) is 0.571. The van der Waals surface area contributed by atoms with Crippen molar-refractivity contribution in [2.24, 2.45) is 0 Å². The number of anilines is 1. The summed E-state index contributed by atoms with van der Waals surface area (Å²) in [5, 5.41) is 0. The molecule has 2 nitrogen and oxygen atoms in total. The average Bonchev–Trinajstić information content (AvgIpc) is 2.29. The summed E-state index contributed by atoms with van der Waals surface area (Å²) in [7, 11) is 0. The molecule has 1 saturated heterocycles. The maximum atomic E-state index is 2.68. The molecule has 1 saturated carbocycles. The van der Waals surface area contributed by atoms with Crippen molar-refractivity contribution in [1.82, 2.24) is 4.90 Å². The number of benzene rings is 1. The van der Waals surface area contributed by atoms with Gasteiger partial charge >= 0.3 is 0 Å². The first-order chi connectivity index (χ1) is 7.93. The van der Waals surface area contributed by atoms with Crippen LogP contribution in [-0.2, 0) is 0 Å². The van der Waals surface area contributed by atoms with Crippen molar-refractivity contribution in [1.29, 1.82) is 0 Å². The van der Waals surface area contributed by atoms with E-state index < -0.39 is 0 Å². The van der Waals surface area contributed by atoms with Crippen LogP contribution >= 0.6 is 0 Å². The first-order valence-corrected chi connectivity index (χ1v) is 6.47. The lowest BCUT2D eigenvalue weighted by Crippen LogP contribution is -2.52. The van der Waals surface area contributed by atoms with E-state index in [9.17, 15) is 0 Å². The largest absolute Gasteiger partial charge is 0.369 e. The standard InChI is InChI=1S/C14H20N2/c1-2-5-13(6-3-1)15-9-11-16(12-10-15)14-7-4-8-14/h1-3,5-6,14H,4,7-12H2. The van der Waals surface area contributed by atoms with Gasteiger partial charge in [0.05, 0.1) is 0 Å². The molecule has 1 aliphatic heterocycles. The predicted molar refractivity (Wildman–Crippen MR) is 67.9 cm³/mol. The van der Waals surface area contributed by atoms with Crippen LogP contribution in [0.25, 0.3) is 0 Å². The van der Waals surface area contributed by atoms with Crippen LogP contribution in [0.4, 0.5) is 5.69 Å². The molecule has 1 aliphatic carbocycles. The number of rotatable bonds is 2. The minimum absolute atomic E-state index is 0.915. The molecule has 0 N–H and O–H groups in total. The molecule has 2 heteroatoms. The van der Waals surface area contributed by atoms with Gasteiger partial charge in [-0.05, 0) is 25.0 Å². The van der Waals surface area contributed by atoms with E-state index in [4.69, 9.17) is 0 Å². The van der Waals surface area contributed by atoms with Crippen LogP contribution in [0.3, 0.4) is 0 Å². The molecule has 0 bridgehead atoms. The van der Waals surface area contributed by atoms with Crippen molar-refractivity contribution < 1.29 is 0 Å². The monoisotopic (exact) mass is 216 g/mol. The molecule has 0 aromatic heterocycles. The third-order valence-electron chi connectivity index (χ3n) is 4.03. The molecule has 0 amide bonds. The first-order valence-electron chi connectivity index (χ1n) is 6.47. The lowest BCUT2D eigenvalue weighted by molar-refractivity contribution is 0.120. The molecule has 2 fully saturated rings. The molecular weight excluding hydrogens is 196 g/mol. The molecule has 2 aliphatic rings. The van der Waals surface area contributed by atoms with E-state index >= 15 is 0 Å². The highest BCUT2D eigenvalue weighted by Crippen LogP contribution is 2.26. The van der Waals surface area contributed by atoms with E-state index in [-0.39, 0.29) is 0 Å². The van der Waals surface area contributed by atoms with Gasteiger partial charge < -0.3 is 4.90 Å². The number of para-hydroxylation sites is 1. The Bertz CT molecular complexity index is 324. The van der Waals surface area contributed by atoms with Gasteiger partial charge in [-0.2, -0.15) is 0 Å². The molecule has 1 aromatic carbocycles. The SMILES string of the molecule is c1ccc(N2CCN(C3CCC3)CC2)cc1. The Morgan fingerprint density at radius 2 is 1.56 bits per heavy atom. The summed E-state index contributed by atoms with van der Waals surface area (Å²) in [6.45, 7) is 4.89. The zero-order valence-electron chi connectivity index (χ0n) is 9.81. The van der Waals surface area contributed by atoms with Crippen LogP contribution in [0.5, 0.6) is 0 Å². The molecular formula is C14H20N2. The summed E-state index contributed by atoms with van der Waals surface area (Å²) in [5.41, 5.74) is 1.38. The Hall–Kier alpha value is -1.02. The van der Waals surface area contributed by atoms with Gasteiger partial charge in [-0.15, -0.1) is 0 Å². The first kappa shape index (κ1) is 10.2. The van der Waals surface area contributed by atoms with Gasteiger partial charge in [0.15, 0.2) is 0 Å². The molecule has 0 atom stereocenters. The summed E-state index contributed by atoms with van der Waals surface area (Å²) in [4.78, 5) is 5.19. The van der Waals surface area contributed by atoms with E-state index in [1.54, 1.807) is 0 Å². The Labute approximate surface area is 97.9 Å². The van der Waals surface area contributed by atoms with Crippen LogP contribution in [0.15, 0.2) is 30.3 Å². The lowest BCUT2D eigenvalue weighted by Gasteiger charge is -2.43. The Morgan fingerprint density at radius 1 is 0.875 bits per heavy atom. The van der Waals surface area contributed by atoms with Gasteiger partial charge in [0.25, 0.3) is 0 Å². The van der Waals surface area contributed by atoms with Crippen LogP contribution in [-0.4, -0.2) is 37.1 Å². The number of hydrogen-bond donors (Lipinski definition) is 0. The second kappa shape index (κ2) is 4.46. The van der Waals surface area contributed by atoms with E-state index in [0.29, 0.717) is 0 Å². The molecule has 0 radical (unpaired) electrons. The maximum Gasteiger partial charge on any atom is 0.0367 e. The Morgan fingerprint density at radius 3 is 2.12 bits per heavy atom. The second-order valence-corrected chi connectivity index (χ2v) is 4.94. The van der Waals surface area contributed by atoms with Crippen molar-refractivity contribution in [2.75, 3.05) is 31.1 Å². The third-order valence-corrected chi connectivity index (χ3v) is 4.03. The quantitative estimate of drug-likeness (QED) is 0.749. The van der Waals surface area contributed by atoms with E-state index in [2.05, 4.69) is 40.1 Å².